The molecule has 0 aliphatic heterocycles. The quantitative estimate of drug-likeness (QED) is 0.762. The molecule has 3 aromatic rings. The van der Waals surface area contributed by atoms with E-state index in [9.17, 15) is 9.90 Å². The molecule has 0 aromatic carbocycles. The van der Waals surface area contributed by atoms with E-state index in [0.717, 1.165) is 11.3 Å². The van der Waals surface area contributed by atoms with Crippen LogP contribution < -0.4 is 5.32 Å². The van der Waals surface area contributed by atoms with Crippen LogP contribution in [0.5, 0.6) is 0 Å². The average Bonchev–Trinajstić information content (AvgIpc) is 2.79. The van der Waals surface area contributed by atoms with E-state index >= 15 is 0 Å². The Morgan fingerprint density at radius 2 is 2.20 bits per heavy atom. The lowest BCUT2D eigenvalue weighted by Gasteiger charge is -2.06. The number of anilines is 2. The van der Waals surface area contributed by atoms with Crippen LogP contribution in [0.4, 0.5) is 11.5 Å². The first kappa shape index (κ1) is 12.2. The normalized spacial score (nSPS) is 10.7. The molecule has 0 amide bonds. The number of carbonyl (C=O) groups is 1. The Kier molecular flexibility index (Phi) is 2.83. The van der Waals surface area contributed by atoms with Crippen molar-refractivity contribution in [1.29, 1.82) is 0 Å². The topological polar surface area (TPSA) is 79.5 Å². The molecule has 0 saturated heterocycles. The Bertz CT molecular complexity index is 795. The number of rotatable bonds is 3. The highest BCUT2D eigenvalue weighted by Gasteiger charge is 2.18. The Balaban J connectivity index is 2.14. The van der Waals surface area contributed by atoms with Gasteiger partial charge in [0.1, 0.15) is 5.65 Å². The Morgan fingerprint density at radius 1 is 1.35 bits per heavy atom. The summed E-state index contributed by atoms with van der Waals surface area (Å²) in [5, 5.41) is 12.4. The molecule has 0 fully saturated rings. The van der Waals surface area contributed by atoms with Crippen molar-refractivity contribution < 1.29 is 9.90 Å². The van der Waals surface area contributed by atoms with Crippen LogP contribution in [0.3, 0.4) is 0 Å². The molecule has 3 heterocycles. The zero-order valence-corrected chi connectivity index (χ0v) is 10.7. The van der Waals surface area contributed by atoms with Gasteiger partial charge in [-0.05, 0) is 30.7 Å². The van der Waals surface area contributed by atoms with Crippen molar-refractivity contribution >= 4 is 23.1 Å². The lowest BCUT2D eigenvalue weighted by molar-refractivity contribution is 0.0690. The van der Waals surface area contributed by atoms with Gasteiger partial charge in [-0.25, -0.2) is 9.78 Å². The third-order valence-corrected chi connectivity index (χ3v) is 3.02. The van der Waals surface area contributed by atoms with Crippen molar-refractivity contribution in [2.75, 3.05) is 5.32 Å². The van der Waals surface area contributed by atoms with Crippen molar-refractivity contribution in [3.8, 4) is 0 Å². The van der Waals surface area contributed by atoms with Crippen LogP contribution in [-0.4, -0.2) is 25.4 Å². The van der Waals surface area contributed by atoms with Crippen molar-refractivity contribution in [2.45, 2.75) is 6.92 Å². The summed E-state index contributed by atoms with van der Waals surface area (Å²) in [7, 11) is 0. The average molecular weight is 268 g/mol. The third kappa shape index (κ3) is 1.97. The van der Waals surface area contributed by atoms with Gasteiger partial charge >= 0.3 is 5.97 Å². The van der Waals surface area contributed by atoms with E-state index < -0.39 is 5.97 Å². The maximum absolute atomic E-state index is 11.5. The van der Waals surface area contributed by atoms with Crippen molar-refractivity contribution in [3.05, 3.63) is 54.1 Å². The highest BCUT2D eigenvalue weighted by molar-refractivity contribution is 5.94. The number of pyridine rings is 2. The third-order valence-electron chi connectivity index (χ3n) is 3.02. The largest absolute Gasteiger partial charge is 0.476 e. The fourth-order valence-corrected chi connectivity index (χ4v) is 2.01. The lowest BCUT2D eigenvalue weighted by Crippen LogP contribution is -2.05. The number of nitrogens with one attached hydrogen (secondary N) is 1. The summed E-state index contributed by atoms with van der Waals surface area (Å²) in [5.74, 6) is -0.729. The first-order valence-corrected chi connectivity index (χ1v) is 6.05. The van der Waals surface area contributed by atoms with Crippen LogP contribution in [0.1, 0.15) is 16.1 Å². The number of aryl methyl sites for hydroxylation is 1. The molecule has 20 heavy (non-hydrogen) atoms. The van der Waals surface area contributed by atoms with Gasteiger partial charge in [0.2, 0.25) is 0 Å². The van der Waals surface area contributed by atoms with Crippen LogP contribution in [0, 0.1) is 6.92 Å². The second-order valence-electron chi connectivity index (χ2n) is 4.36. The second-order valence-corrected chi connectivity index (χ2v) is 4.36. The van der Waals surface area contributed by atoms with Crippen molar-refractivity contribution in [1.82, 2.24) is 14.4 Å². The van der Waals surface area contributed by atoms with Gasteiger partial charge in [-0.2, -0.15) is 0 Å². The van der Waals surface area contributed by atoms with Crippen LogP contribution in [-0.2, 0) is 0 Å². The molecule has 2 N–H and O–H groups in total. The molecule has 100 valence electrons. The predicted octanol–water partition coefficient (Wildman–Crippen LogP) is 2.48. The molecule has 0 spiro atoms. The minimum absolute atomic E-state index is 0.101. The minimum atomic E-state index is -1.03. The molecule has 0 atom stereocenters. The van der Waals surface area contributed by atoms with Crippen LogP contribution in [0.2, 0.25) is 0 Å². The number of carboxylic acid groups (broad SMARTS) is 1. The molecule has 6 heteroatoms. The van der Waals surface area contributed by atoms with E-state index in [1.807, 2.05) is 19.1 Å². The molecule has 6 nitrogen and oxygen atoms in total. The summed E-state index contributed by atoms with van der Waals surface area (Å²) in [6.45, 7) is 1.92. The van der Waals surface area contributed by atoms with Gasteiger partial charge in [0.05, 0.1) is 11.9 Å². The fraction of sp³-hybridized carbons (Fsp3) is 0.0714. The summed E-state index contributed by atoms with van der Waals surface area (Å²) < 4.78 is 1.54. The van der Waals surface area contributed by atoms with Crippen molar-refractivity contribution in [3.63, 3.8) is 0 Å². The van der Waals surface area contributed by atoms with E-state index in [0.29, 0.717) is 11.5 Å². The van der Waals surface area contributed by atoms with Gasteiger partial charge in [0, 0.05) is 12.4 Å². The van der Waals surface area contributed by atoms with Crippen molar-refractivity contribution in [2.24, 2.45) is 0 Å². The first-order valence-electron chi connectivity index (χ1n) is 6.05. The van der Waals surface area contributed by atoms with E-state index in [4.69, 9.17) is 0 Å². The van der Waals surface area contributed by atoms with E-state index in [2.05, 4.69) is 15.3 Å². The highest BCUT2D eigenvalue weighted by Crippen LogP contribution is 2.23. The Labute approximate surface area is 114 Å². The molecular formula is C14H12N4O2. The Morgan fingerprint density at radius 3 is 2.95 bits per heavy atom. The molecule has 0 saturated carbocycles. The number of aromatic nitrogens is 3. The van der Waals surface area contributed by atoms with Gasteiger partial charge in [-0.3, -0.25) is 9.38 Å². The molecule has 3 rings (SSSR count). The maximum Gasteiger partial charge on any atom is 0.356 e. The number of fused-ring (bicyclic) bond motifs is 1. The summed E-state index contributed by atoms with van der Waals surface area (Å²) >= 11 is 0. The number of aromatic carboxylic acids is 1. The molecule has 0 aliphatic rings. The monoisotopic (exact) mass is 268 g/mol. The molecule has 0 unspecified atom stereocenters. The standard InChI is InChI=1S/C14H12N4O2/c1-9-5-6-15-8-10(9)16-13-12(14(19)20)18-7-3-2-4-11(18)17-13/h2-8,16H,1H3,(H,19,20). The van der Waals surface area contributed by atoms with Crippen LogP contribution in [0.15, 0.2) is 42.9 Å². The van der Waals surface area contributed by atoms with E-state index in [1.165, 1.54) is 4.40 Å². The smallest absolute Gasteiger partial charge is 0.356 e. The minimum Gasteiger partial charge on any atom is -0.476 e. The first-order chi connectivity index (χ1) is 9.66. The Hall–Kier alpha value is -2.89. The van der Waals surface area contributed by atoms with Crippen LogP contribution in [0.25, 0.3) is 5.65 Å². The predicted molar refractivity (Wildman–Crippen MR) is 74.4 cm³/mol. The SMILES string of the molecule is Cc1ccncc1Nc1nc2ccccn2c1C(=O)O. The van der Waals surface area contributed by atoms with Gasteiger partial charge in [-0.15, -0.1) is 0 Å². The summed E-state index contributed by atoms with van der Waals surface area (Å²) in [5.41, 5.74) is 2.38. The van der Waals surface area contributed by atoms with E-state index in [1.54, 1.807) is 30.7 Å². The number of hydrogen-bond acceptors (Lipinski definition) is 4. The molecule has 0 radical (unpaired) electrons. The van der Waals surface area contributed by atoms with Gasteiger partial charge in [0.15, 0.2) is 11.5 Å². The molecule has 0 aliphatic carbocycles. The second kappa shape index (κ2) is 4.65. The summed E-state index contributed by atoms with van der Waals surface area (Å²) in [6, 6.07) is 7.18. The van der Waals surface area contributed by atoms with Gasteiger partial charge < -0.3 is 10.4 Å². The molecule has 3 aromatic heterocycles. The lowest BCUT2D eigenvalue weighted by atomic mass is 10.2. The highest BCUT2D eigenvalue weighted by atomic mass is 16.4. The zero-order chi connectivity index (χ0) is 14.1. The van der Waals surface area contributed by atoms with Crippen LogP contribution >= 0.6 is 0 Å². The fourth-order valence-electron chi connectivity index (χ4n) is 2.01. The maximum atomic E-state index is 11.5. The number of imidazole rings is 1. The molecule has 0 bridgehead atoms. The van der Waals surface area contributed by atoms with E-state index in [-0.39, 0.29) is 5.69 Å². The van der Waals surface area contributed by atoms with Gasteiger partial charge in [-0.1, -0.05) is 6.07 Å². The van der Waals surface area contributed by atoms with Gasteiger partial charge in [0.25, 0.3) is 0 Å². The number of carboxylic acids is 1. The number of hydrogen-bond donors (Lipinski definition) is 2. The molecular weight excluding hydrogens is 256 g/mol. The summed E-state index contributed by atoms with van der Waals surface area (Å²) in [4.78, 5) is 19.8. The summed E-state index contributed by atoms with van der Waals surface area (Å²) in [6.07, 6.45) is 5.00. The number of nitrogens with zero attached hydrogens (tertiary/aromatic N) is 3. The zero-order valence-electron chi connectivity index (χ0n) is 10.7.